The second kappa shape index (κ2) is 10.5. The van der Waals surface area contributed by atoms with E-state index >= 15 is 0 Å². The van der Waals surface area contributed by atoms with Gasteiger partial charge < -0.3 is 20.4 Å². The van der Waals surface area contributed by atoms with E-state index in [1.54, 1.807) is 0 Å². The molecule has 2 heterocycles. The SMILES string of the molecule is CC(C)(O)CNC(=O)c1nc(C(=O)N2CCCC2)c(-c2ccc(C(O)(C(F)(F)F)C(F)(F)F)c(Cl)c2Cl)s1. The van der Waals surface area contributed by atoms with Gasteiger partial charge in [0.25, 0.3) is 17.4 Å². The molecule has 2 aromatic rings. The summed E-state index contributed by atoms with van der Waals surface area (Å²) in [6, 6.07) is 1.04. The molecule has 1 aliphatic heterocycles. The Balaban J connectivity index is 2.17. The van der Waals surface area contributed by atoms with Gasteiger partial charge in [0.15, 0.2) is 5.01 Å². The van der Waals surface area contributed by atoms with Crippen molar-refractivity contribution in [3.63, 3.8) is 0 Å². The highest BCUT2D eigenvalue weighted by Crippen LogP contribution is 2.54. The summed E-state index contributed by atoms with van der Waals surface area (Å²) >= 11 is 12.6. The van der Waals surface area contributed by atoms with Crippen molar-refractivity contribution in [2.75, 3.05) is 19.6 Å². The van der Waals surface area contributed by atoms with Gasteiger partial charge in [0, 0.05) is 30.8 Å². The van der Waals surface area contributed by atoms with Crippen molar-refractivity contribution in [2.45, 2.75) is 50.2 Å². The molecule has 1 aromatic carbocycles. The Morgan fingerprint density at radius 3 is 2.08 bits per heavy atom. The Kier molecular flexibility index (Phi) is 8.36. The van der Waals surface area contributed by atoms with E-state index in [0.717, 1.165) is 6.07 Å². The fourth-order valence-electron chi connectivity index (χ4n) is 3.66. The van der Waals surface area contributed by atoms with Crippen LogP contribution in [0.2, 0.25) is 10.0 Å². The summed E-state index contributed by atoms with van der Waals surface area (Å²) in [7, 11) is 0. The number of nitrogens with zero attached hydrogens (tertiary/aromatic N) is 2. The molecule has 0 unspecified atom stereocenters. The van der Waals surface area contributed by atoms with E-state index in [4.69, 9.17) is 23.2 Å². The van der Waals surface area contributed by atoms with Crippen LogP contribution in [-0.4, -0.2) is 69.5 Å². The number of halogens is 8. The molecule has 16 heteroatoms. The lowest BCUT2D eigenvalue weighted by Crippen LogP contribution is -2.54. The molecule has 1 aromatic heterocycles. The first-order valence-electron chi connectivity index (χ1n) is 10.9. The average molecular weight is 608 g/mol. The summed E-state index contributed by atoms with van der Waals surface area (Å²) in [6.45, 7) is 3.40. The molecular weight excluding hydrogens is 587 g/mol. The molecule has 0 bridgehead atoms. The molecule has 1 fully saturated rings. The first kappa shape index (κ1) is 30.4. The van der Waals surface area contributed by atoms with Crippen LogP contribution in [0.5, 0.6) is 0 Å². The van der Waals surface area contributed by atoms with Gasteiger partial charge in [0.05, 0.1) is 20.5 Å². The molecule has 0 radical (unpaired) electrons. The van der Waals surface area contributed by atoms with Gasteiger partial charge in [-0.3, -0.25) is 9.59 Å². The second-order valence-corrected chi connectivity index (χ2v) is 10.9. The third kappa shape index (κ3) is 5.74. The van der Waals surface area contributed by atoms with Crippen LogP contribution in [-0.2, 0) is 5.60 Å². The lowest BCUT2D eigenvalue weighted by molar-refractivity contribution is -0.376. The Labute approximate surface area is 226 Å². The molecular formula is C22H21Cl2F6N3O4S. The maximum Gasteiger partial charge on any atom is 0.430 e. The van der Waals surface area contributed by atoms with E-state index in [2.05, 4.69) is 10.3 Å². The summed E-state index contributed by atoms with van der Waals surface area (Å²) in [5.41, 5.74) is -8.95. The predicted octanol–water partition coefficient (Wildman–Crippen LogP) is 5.17. The summed E-state index contributed by atoms with van der Waals surface area (Å²) in [5.74, 6) is -1.42. The number of rotatable bonds is 6. The Bertz CT molecular complexity index is 1220. The van der Waals surface area contributed by atoms with Gasteiger partial charge in [0.1, 0.15) is 5.69 Å². The van der Waals surface area contributed by atoms with E-state index in [-0.39, 0.29) is 27.7 Å². The van der Waals surface area contributed by atoms with Crippen molar-refractivity contribution in [3.8, 4) is 10.4 Å². The number of benzene rings is 1. The van der Waals surface area contributed by atoms with Crippen LogP contribution < -0.4 is 5.32 Å². The highest BCUT2D eigenvalue weighted by molar-refractivity contribution is 7.17. The summed E-state index contributed by atoms with van der Waals surface area (Å²) in [5, 5.41) is 19.7. The predicted molar refractivity (Wildman–Crippen MR) is 127 cm³/mol. The van der Waals surface area contributed by atoms with Gasteiger partial charge in [0.2, 0.25) is 0 Å². The van der Waals surface area contributed by atoms with E-state index in [9.17, 15) is 46.1 Å². The third-order valence-corrected chi connectivity index (χ3v) is 7.61. The van der Waals surface area contributed by atoms with Crippen molar-refractivity contribution in [3.05, 3.63) is 38.4 Å². The molecule has 210 valence electrons. The standard InChI is InChI=1S/C22H21Cl2F6N3O4S/c1-19(2,36)9-31-16(34)17-32-14(18(35)33-7-3-4-8-33)15(38-17)10-5-6-11(13(24)12(10)23)20(37,21(25,26)27)22(28,29)30/h5-6,36-37H,3-4,7-9H2,1-2H3,(H,31,34). The second-order valence-electron chi connectivity index (χ2n) is 9.19. The van der Waals surface area contributed by atoms with Crippen molar-refractivity contribution < 1.29 is 46.1 Å². The summed E-state index contributed by atoms with van der Waals surface area (Å²) < 4.78 is 80.5. The van der Waals surface area contributed by atoms with E-state index in [1.807, 2.05) is 0 Å². The molecule has 0 aliphatic carbocycles. The molecule has 0 atom stereocenters. The number of carbonyl (C=O) groups excluding carboxylic acids is 2. The van der Waals surface area contributed by atoms with Crippen molar-refractivity contribution in [1.29, 1.82) is 0 Å². The van der Waals surface area contributed by atoms with Crippen LogP contribution in [0.15, 0.2) is 12.1 Å². The number of hydrogen-bond donors (Lipinski definition) is 3. The Hall–Kier alpha value is -2.13. The molecule has 1 saturated heterocycles. The van der Waals surface area contributed by atoms with Crippen molar-refractivity contribution >= 4 is 46.4 Å². The topological polar surface area (TPSA) is 103 Å². The molecule has 0 saturated carbocycles. The van der Waals surface area contributed by atoms with Gasteiger partial charge in [-0.25, -0.2) is 4.98 Å². The van der Waals surface area contributed by atoms with Crippen LogP contribution in [0.3, 0.4) is 0 Å². The lowest BCUT2D eigenvalue weighted by atomic mass is 9.91. The Morgan fingerprint density at radius 2 is 1.58 bits per heavy atom. The van der Waals surface area contributed by atoms with Crippen LogP contribution in [0, 0.1) is 0 Å². The molecule has 3 rings (SSSR count). The fraction of sp³-hybridized carbons (Fsp3) is 0.500. The Morgan fingerprint density at radius 1 is 1.03 bits per heavy atom. The van der Waals surface area contributed by atoms with Gasteiger partial charge in [-0.1, -0.05) is 35.3 Å². The van der Waals surface area contributed by atoms with Crippen molar-refractivity contribution in [1.82, 2.24) is 15.2 Å². The largest absolute Gasteiger partial charge is 0.430 e. The molecule has 2 amide bonds. The average Bonchev–Trinajstić information content (AvgIpc) is 3.47. The minimum Gasteiger partial charge on any atom is -0.389 e. The highest BCUT2D eigenvalue weighted by Gasteiger charge is 2.72. The number of aromatic nitrogens is 1. The molecule has 1 aliphatic rings. The number of aliphatic hydroxyl groups is 2. The molecule has 0 spiro atoms. The highest BCUT2D eigenvalue weighted by atomic mass is 35.5. The number of carbonyl (C=O) groups is 2. The minimum absolute atomic E-state index is 0.128. The quantitative estimate of drug-likeness (QED) is 0.393. The van der Waals surface area contributed by atoms with Crippen LogP contribution >= 0.6 is 34.5 Å². The van der Waals surface area contributed by atoms with Gasteiger partial charge in [-0.2, -0.15) is 26.3 Å². The van der Waals surface area contributed by atoms with Gasteiger partial charge >= 0.3 is 12.4 Å². The number of thiazole rings is 1. The van der Waals surface area contributed by atoms with Crippen molar-refractivity contribution in [2.24, 2.45) is 0 Å². The zero-order chi connectivity index (χ0) is 28.8. The number of amides is 2. The molecule has 7 nitrogen and oxygen atoms in total. The molecule has 38 heavy (non-hydrogen) atoms. The normalized spacial score (nSPS) is 15.2. The van der Waals surface area contributed by atoms with Gasteiger partial charge in [-0.15, -0.1) is 11.3 Å². The number of likely N-dealkylation sites (tertiary alicyclic amines) is 1. The number of hydrogen-bond acceptors (Lipinski definition) is 6. The maximum atomic E-state index is 13.4. The first-order chi connectivity index (χ1) is 17.3. The summed E-state index contributed by atoms with van der Waals surface area (Å²) in [6.07, 6.45) is -11.0. The third-order valence-electron chi connectivity index (χ3n) is 5.64. The first-order valence-corrected chi connectivity index (χ1v) is 12.5. The van der Waals surface area contributed by atoms with E-state index in [0.29, 0.717) is 43.3 Å². The van der Waals surface area contributed by atoms with Crippen LogP contribution in [0.25, 0.3) is 10.4 Å². The summed E-state index contributed by atoms with van der Waals surface area (Å²) in [4.78, 5) is 31.2. The number of nitrogens with one attached hydrogen (secondary N) is 1. The van der Waals surface area contributed by atoms with E-state index in [1.165, 1.54) is 18.7 Å². The fourth-order valence-corrected chi connectivity index (χ4v) is 5.28. The van der Waals surface area contributed by atoms with Crippen LogP contribution in [0.1, 0.15) is 52.5 Å². The smallest absolute Gasteiger partial charge is 0.389 e. The van der Waals surface area contributed by atoms with E-state index < -0.39 is 51.0 Å². The maximum absolute atomic E-state index is 13.4. The zero-order valence-electron chi connectivity index (χ0n) is 19.7. The van der Waals surface area contributed by atoms with Crippen LogP contribution in [0.4, 0.5) is 26.3 Å². The lowest BCUT2D eigenvalue weighted by Gasteiger charge is -2.33. The minimum atomic E-state index is -6.20. The van der Waals surface area contributed by atoms with Gasteiger partial charge in [-0.05, 0) is 26.7 Å². The number of alkyl halides is 6. The zero-order valence-corrected chi connectivity index (χ0v) is 22.1. The molecule has 3 N–H and O–H groups in total. The monoisotopic (exact) mass is 607 g/mol.